The number of aromatic nitrogens is 1. The minimum Gasteiger partial charge on any atom is -0.324 e. The minimum absolute atomic E-state index is 0.149. The summed E-state index contributed by atoms with van der Waals surface area (Å²) in [6.07, 6.45) is -0.149. The van der Waals surface area contributed by atoms with Gasteiger partial charge in [0.25, 0.3) is 0 Å². The lowest BCUT2D eigenvalue weighted by molar-refractivity contribution is -0.115. The van der Waals surface area contributed by atoms with E-state index in [1.807, 2.05) is 23.6 Å². The van der Waals surface area contributed by atoms with Gasteiger partial charge in [-0.05, 0) is 40.8 Å². The highest BCUT2D eigenvalue weighted by atomic mass is 32.1. The number of Topliss-reactive ketones (excluding diaryl/α,β-unsaturated/α-hetero) is 1. The molecule has 0 saturated heterocycles. The number of anilines is 1. The number of benzene rings is 1. The second kappa shape index (κ2) is 6.07. The van der Waals surface area contributed by atoms with Crippen molar-refractivity contribution in [3.8, 4) is 21.7 Å². The molecule has 0 saturated carbocycles. The largest absolute Gasteiger partial charge is 0.324 e. The molecule has 4 heterocycles. The third kappa shape index (κ3) is 2.67. The van der Waals surface area contributed by atoms with E-state index in [0.717, 1.165) is 27.1 Å². The van der Waals surface area contributed by atoms with Crippen LogP contribution in [0.15, 0.2) is 47.8 Å². The van der Waals surface area contributed by atoms with Gasteiger partial charge in [0.05, 0.1) is 27.6 Å². The number of ketones is 1. The summed E-state index contributed by atoms with van der Waals surface area (Å²) >= 11 is 2.86. The maximum Gasteiger partial charge on any atom is 0.232 e. The molecule has 0 spiro atoms. The maximum atomic E-state index is 13.4. The van der Waals surface area contributed by atoms with Crippen LogP contribution in [0.1, 0.15) is 16.1 Å². The minimum atomic E-state index is -0.321. The van der Waals surface area contributed by atoms with E-state index >= 15 is 0 Å². The summed E-state index contributed by atoms with van der Waals surface area (Å²) < 4.78 is 13.4. The van der Waals surface area contributed by atoms with E-state index in [1.54, 1.807) is 23.5 Å². The van der Waals surface area contributed by atoms with Crippen molar-refractivity contribution in [2.24, 2.45) is 0 Å². The van der Waals surface area contributed by atoms with E-state index < -0.39 is 0 Å². The molecule has 1 aliphatic rings. The van der Waals surface area contributed by atoms with Crippen LogP contribution >= 0.6 is 22.7 Å². The fourth-order valence-electron chi connectivity index (χ4n) is 3.23. The zero-order valence-electron chi connectivity index (χ0n) is 13.8. The molecular formula is C20H11FN2O2S2. The molecule has 1 N–H and O–H groups in total. The van der Waals surface area contributed by atoms with Crippen molar-refractivity contribution in [1.82, 2.24) is 4.98 Å². The quantitative estimate of drug-likeness (QED) is 0.466. The second-order valence-corrected chi connectivity index (χ2v) is 8.12. The van der Waals surface area contributed by atoms with Crippen molar-refractivity contribution >= 4 is 50.3 Å². The molecule has 0 radical (unpaired) electrons. The fourth-order valence-corrected chi connectivity index (χ4v) is 5.01. The first-order valence-electron chi connectivity index (χ1n) is 8.20. The van der Waals surface area contributed by atoms with Crippen LogP contribution in [0.25, 0.3) is 31.9 Å². The molecule has 1 amide bonds. The lowest BCUT2D eigenvalue weighted by Crippen LogP contribution is -2.22. The van der Waals surface area contributed by atoms with Gasteiger partial charge >= 0.3 is 0 Å². The number of pyridine rings is 1. The standard InChI is InChI=1S/C20H11FN2O2S2/c21-11-5-3-10(4-6-11)12-8-13(15-2-1-7-26-15)22-20-17(12)18-19(27-20)14(24)9-16(25)23-18/h1-8H,9H2,(H,23,25). The van der Waals surface area contributed by atoms with Crippen LogP contribution in [0.3, 0.4) is 0 Å². The molecule has 1 aliphatic heterocycles. The van der Waals surface area contributed by atoms with Crippen LogP contribution in [0.5, 0.6) is 0 Å². The first kappa shape index (κ1) is 16.3. The molecule has 1 aromatic carbocycles. The molecular weight excluding hydrogens is 383 g/mol. The van der Waals surface area contributed by atoms with Gasteiger partial charge in [-0.2, -0.15) is 0 Å². The second-order valence-electron chi connectivity index (χ2n) is 6.17. The molecule has 0 atom stereocenters. The van der Waals surface area contributed by atoms with Crippen molar-refractivity contribution in [2.75, 3.05) is 5.32 Å². The molecule has 7 heteroatoms. The van der Waals surface area contributed by atoms with Crippen LogP contribution in [0.2, 0.25) is 0 Å². The highest BCUT2D eigenvalue weighted by Crippen LogP contribution is 2.44. The number of nitrogens with one attached hydrogen (secondary N) is 1. The number of hydrogen-bond acceptors (Lipinski definition) is 5. The van der Waals surface area contributed by atoms with Gasteiger partial charge in [0.1, 0.15) is 10.6 Å². The molecule has 0 unspecified atom stereocenters. The summed E-state index contributed by atoms with van der Waals surface area (Å²) in [5.41, 5.74) is 2.92. The summed E-state index contributed by atoms with van der Waals surface area (Å²) in [4.78, 5) is 31.2. The number of fused-ring (bicyclic) bond motifs is 3. The van der Waals surface area contributed by atoms with E-state index in [1.165, 1.54) is 23.5 Å². The fraction of sp³-hybridized carbons (Fsp3) is 0.0500. The van der Waals surface area contributed by atoms with Crippen molar-refractivity contribution in [3.05, 3.63) is 58.5 Å². The predicted octanol–water partition coefficient (Wildman–Crippen LogP) is 5.36. The Morgan fingerprint density at radius 3 is 2.67 bits per heavy atom. The van der Waals surface area contributed by atoms with Crippen LogP contribution < -0.4 is 5.32 Å². The summed E-state index contributed by atoms with van der Waals surface area (Å²) in [6, 6.07) is 12.0. The van der Waals surface area contributed by atoms with Gasteiger partial charge in [0, 0.05) is 5.39 Å². The average Bonchev–Trinajstić information content (AvgIpc) is 3.30. The number of hydrogen-bond donors (Lipinski definition) is 1. The van der Waals surface area contributed by atoms with Gasteiger partial charge < -0.3 is 5.32 Å². The molecule has 0 fully saturated rings. The van der Waals surface area contributed by atoms with Crippen molar-refractivity contribution in [3.63, 3.8) is 0 Å². The monoisotopic (exact) mass is 394 g/mol. The number of nitrogens with zero attached hydrogens (tertiary/aromatic N) is 1. The summed E-state index contributed by atoms with van der Waals surface area (Å²) in [5.74, 6) is -0.836. The number of amides is 1. The topological polar surface area (TPSA) is 59.1 Å². The zero-order chi connectivity index (χ0) is 18.5. The Hall–Kier alpha value is -2.90. The first-order chi connectivity index (χ1) is 13.1. The summed E-state index contributed by atoms with van der Waals surface area (Å²) in [5, 5.41) is 5.53. The molecule has 0 aliphatic carbocycles. The van der Waals surface area contributed by atoms with Gasteiger partial charge in [0.2, 0.25) is 5.91 Å². The normalized spacial score (nSPS) is 13.7. The molecule has 5 rings (SSSR count). The maximum absolute atomic E-state index is 13.4. The van der Waals surface area contributed by atoms with E-state index in [2.05, 4.69) is 5.32 Å². The Bertz CT molecular complexity index is 1210. The molecule has 132 valence electrons. The Balaban J connectivity index is 1.85. The van der Waals surface area contributed by atoms with Crippen molar-refractivity contribution in [1.29, 1.82) is 0 Å². The zero-order valence-corrected chi connectivity index (χ0v) is 15.4. The molecule has 4 nitrogen and oxygen atoms in total. The Morgan fingerprint density at radius 1 is 1.11 bits per heavy atom. The number of carbonyl (C=O) groups excluding carboxylic acids is 2. The Morgan fingerprint density at radius 2 is 1.93 bits per heavy atom. The van der Waals surface area contributed by atoms with Crippen LogP contribution in [-0.4, -0.2) is 16.7 Å². The highest BCUT2D eigenvalue weighted by Gasteiger charge is 2.29. The third-order valence-corrected chi connectivity index (χ3v) is 6.45. The smallest absolute Gasteiger partial charge is 0.232 e. The van der Waals surface area contributed by atoms with E-state index in [4.69, 9.17) is 4.98 Å². The number of rotatable bonds is 2. The molecule has 4 aromatic rings. The predicted molar refractivity (Wildman–Crippen MR) is 106 cm³/mol. The molecule has 27 heavy (non-hydrogen) atoms. The van der Waals surface area contributed by atoms with E-state index in [-0.39, 0.29) is 23.9 Å². The number of halogens is 1. The summed E-state index contributed by atoms with van der Waals surface area (Å²) in [7, 11) is 0. The molecule has 3 aromatic heterocycles. The third-order valence-electron chi connectivity index (χ3n) is 4.43. The van der Waals surface area contributed by atoms with Crippen molar-refractivity contribution in [2.45, 2.75) is 6.42 Å². The Kier molecular flexibility index (Phi) is 3.66. The van der Waals surface area contributed by atoms with Crippen LogP contribution in [0.4, 0.5) is 10.1 Å². The average molecular weight is 394 g/mol. The first-order valence-corrected chi connectivity index (χ1v) is 9.90. The number of carbonyl (C=O) groups is 2. The van der Waals surface area contributed by atoms with Gasteiger partial charge in [-0.15, -0.1) is 22.7 Å². The van der Waals surface area contributed by atoms with Gasteiger partial charge in [-0.3, -0.25) is 9.59 Å². The number of thiophene rings is 2. The summed E-state index contributed by atoms with van der Waals surface area (Å²) in [6.45, 7) is 0. The Labute approximate surface area is 161 Å². The van der Waals surface area contributed by atoms with Crippen molar-refractivity contribution < 1.29 is 14.0 Å². The van der Waals surface area contributed by atoms with E-state index in [9.17, 15) is 14.0 Å². The van der Waals surface area contributed by atoms with Gasteiger partial charge in [-0.1, -0.05) is 18.2 Å². The molecule has 0 bridgehead atoms. The van der Waals surface area contributed by atoms with Gasteiger partial charge in [-0.25, -0.2) is 9.37 Å². The lowest BCUT2D eigenvalue weighted by atomic mass is 9.99. The SMILES string of the molecule is O=C1CC(=O)c2sc3nc(-c4cccs4)cc(-c4ccc(F)cc4)c3c2N1. The van der Waals surface area contributed by atoms with Gasteiger partial charge in [0.15, 0.2) is 5.78 Å². The van der Waals surface area contributed by atoms with Crippen LogP contribution in [0, 0.1) is 5.82 Å². The highest BCUT2D eigenvalue weighted by molar-refractivity contribution is 7.21. The van der Waals surface area contributed by atoms with E-state index in [0.29, 0.717) is 15.4 Å². The lowest BCUT2D eigenvalue weighted by Gasteiger charge is -2.13. The van der Waals surface area contributed by atoms with Crippen LogP contribution in [-0.2, 0) is 4.79 Å².